The first-order chi connectivity index (χ1) is 15.0. The number of para-hydroxylation sites is 1. The van der Waals surface area contributed by atoms with Crippen molar-refractivity contribution in [3.63, 3.8) is 0 Å². The number of phenols is 1. The highest BCUT2D eigenvalue weighted by atomic mass is 19.1. The maximum Gasteiger partial charge on any atom is 0.165 e. The summed E-state index contributed by atoms with van der Waals surface area (Å²) >= 11 is 0. The number of halogens is 1. The number of hydrogen-bond acceptors (Lipinski definition) is 5. The van der Waals surface area contributed by atoms with Crippen molar-refractivity contribution >= 4 is 16.7 Å². The van der Waals surface area contributed by atoms with Crippen molar-refractivity contribution in [2.45, 2.75) is 25.9 Å². The Morgan fingerprint density at radius 2 is 1.65 bits per heavy atom. The number of nitrogens with zero attached hydrogens (tertiary/aromatic N) is 3. The van der Waals surface area contributed by atoms with Gasteiger partial charge in [-0.05, 0) is 49.7 Å². The van der Waals surface area contributed by atoms with Crippen LogP contribution in [-0.4, -0.2) is 32.8 Å². The third-order valence-electron chi connectivity index (χ3n) is 5.28. The van der Waals surface area contributed by atoms with E-state index in [1.807, 2.05) is 49.1 Å². The average molecular weight is 417 g/mol. The van der Waals surface area contributed by atoms with Crippen molar-refractivity contribution in [3.05, 3.63) is 84.2 Å². The summed E-state index contributed by atoms with van der Waals surface area (Å²) in [5, 5.41) is 21.2. The van der Waals surface area contributed by atoms with Crippen molar-refractivity contribution < 1.29 is 14.6 Å². The minimum atomic E-state index is -0.392. The molecule has 0 saturated heterocycles. The largest absolute Gasteiger partial charge is 0.507 e. The van der Waals surface area contributed by atoms with E-state index in [1.165, 1.54) is 12.1 Å². The van der Waals surface area contributed by atoms with Crippen LogP contribution in [-0.2, 0) is 0 Å². The lowest BCUT2D eigenvalue weighted by Gasteiger charge is -2.36. The van der Waals surface area contributed by atoms with Gasteiger partial charge in [0.25, 0.3) is 0 Å². The molecule has 5 nitrogen and oxygen atoms in total. The number of phenolic OH excluding ortho intramolecular Hbond substituents is 1. The molecule has 0 radical (unpaired) electrons. The molecule has 0 amide bonds. The molecule has 0 aliphatic heterocycles. The van der Waals surface area contributed by atoms with E-state index in [0.29, 0.717) is 28.1 Å². The number of aliphatic hydroxyl groups excluding tert-OH is 1. The van der Waals surface area contributed by atoms with E-state index in [2.05, 4.69) is 4.98 Å². The van der Waals surface area contributed by atoms with Gasteiger partial charge >= 0.3 is 0 Å². The number of benzene rings is 3. The molecule has 4 rings (SSSR count). The molecule has 0 aliphatic rings. The summed E-state index contributed by atoms with van der Waals surface area (Å²) < 4.78 is 14.2. The van der Waals surface area contributed by atoms with Crippen LogP contribution in [0.2, 0.25) is 0 Å². The maximum atomic E-state index is 14.2. The van der Waals surface area contributed by atoms with Gasteiger partial charge in [0.2, 0.25) is 0 Å². The number of hydrogen-bond donors (Lipinski definition) is 2. The second-order valence-corrected chi connectivity index (χ2v) is 7.66. The third-order valence-corrected chi connectivity index (χ3v) is 5.28. The van der Waals surface area contributed by atoms with E-state index in [4.69, 9.17) is 4.98 Å². The topological polar surface area (TPSA) is 69.5 Å². The molecule has 0 aliphatic carbocycles. The predicted molar refractivity (Wildman–Crippen MR) is 120 cm³/mol. The monoisotopic (exact) mass is 417 g/mol. The van der Waals surface area contributed by atoms with Crippen LogP contribution < -0.4 is 4.90 Å². The zero-order valence-electron chi connectivity index (χ0n) is 17.4. The molecule has 6 heteroatoms. The molecule has 0 fully saturated rings. The van der Waals surface area contributed by atoms with Gasteiger partial charge in [0.05, 0.1) is 23.7 Å². The third kappa shape index (κ3) is 4.07. The summed E-state index contributed by atoms with van der Waals surface area (Å²) in [6.45, 7) is 3.85. The van der Waals surface area contributed by atoms with Crippen LogP contribution in [0.1, 0.15) is 25.5 Å². The van der Waals surface area contributed by atoms with Crippen LogP contribution in [0.4, 0.5) is 10.2 Å². The molecule has 1 heterocycles. The van der Waals surface area contributed by atoms with Gasteiger partial charge in [0.1, 0.15) is 17.4 Å². The molecule has 3 aromatic carbocycles. The molecular weight excluding hydrogens is 393 g/mol. The van der Waals surface area contributed by atoms with Gasteiger partial charge in [0.15, 0.2) is 5.82 Å². The lowest BCUT2D eigenvalue weighted by atomic mass is 10.0. The van der Waals surface area contributed by atoms with Gasteiger partial charge in [-0.3, -0.25) is 0 Å². The zero-order valence-corrected chi connectivity index (χ0v) is 17.4. The second-order valence-electron chi connectivity index (χ2n) is 7.66. The summed E-state index contributed by atoms with van der Waals surface area (Å²) in [5.41, 5.74) is 1.96. The van der Waals surface area contributed by atoms with E-state index >= 15 is 0 Å². The number of aromatic nitrogens is 2. The summed E-state index contributed by atoms with van der Waals surface area (Å²) in [7, 11) is 0. The number of aromatic hydroxyl groups is 1. The Morgan fingerprint density at radius 1 is 0.935 bits per heavy atom. The fourth-order valence-corrected chi connectivity index (χ4v) is 3.85. The molecule has 1 aromatic heterocycles. The minimum Gasteiger partial charge on any atom is -0.507 e. The zero-order chi connectivity index (χ0) is 22.0. The Kier molecular flexibility index (Phi) is 5.82. The van der Waals surface area contributed by atoms with Crippen LogP contribution in [0.15, 0.2) is 72.8 Å². The number of aliphatic hydroxyl groups is 1. The van der Waals surface area contributed by atoms with Gasteiger partial charge in [-0.2, -0.15) is 0 Å². The van der Waals surface area contributed by atoms with Crippen LogP contribution in [0.5, 0.6) is 5.75 Å². The normalized spacial score (nSPS) is 12.3. The van der Waals surface area contributed by atoms with Crippen molar-refractivity contribution in [1.82, 2.24) is 9.97 Å². The summed E-state index contributed by atoms with van der Waals surface area (Å²) in [6, 6.07) is 20.4. The number of fused-ring (bicyclic) bond motifs is 1. The standard InChI is InChI=1S/C25H24FN3O2/c1-16(2)29(22(15-30)17-8-4-3-5-9-17)25-20-14-18(26)12-13-21(20)27-24(28-25)19-10-6-7-11-23(19)31/h3-14,16,22,30-31H,15H2,1-2H3/t22-/m0/s1. The predicted octanol–water partition coefficient (Wildman–Crippen LogP) is 5.09. The lowest BCUT2D eigenvalue weighted by molar-refractivity contribution is 0.256. The van der Waals surface area contributed by atoms with Gasteiger partial charge in [-0.1, -0.05) is 42.5 Å². The highest BCUT2D eigenvalue weighted by Crippen LogP contribution is 2.36. The molecule has 4 aromatic rings. The first-order valence-electron chi connectivity index (χ1n) is 10.2. The second kappa shape index (κ2) is 8.70. The van der Waals surface area contributed by atoms with Crippen LogP contribution >= 0.6 is 0 Å². The first kappa shape index (κ1) is 20.8. The number of rotatable bonds is 6. The van der Waals surface area contributed by atoms with Gasteiger partial charge in [-0.15, -0.1) is 0 Å². The Labute approximate surface area is 180 Å². The molecule has 0 saturated carbocycles. The molecule has 158 valence electrons. The summed E-state index contributed by atoms with van der Waals surface area (Å²) in [4.78, 5) is 11.3. The van der Waals surface area contributed by atoms with Crippen LogP contribution in [0, 0.1) is 5.82 Å². The number of anilines is 1. The fourth-order valence-electron chi connectivity index (χ4n) is 3.85. The highest BCUT2D eigenvalue weighted by Gasteiger charge is 2.27. The minimum absolute atomic E-state index is 0.0593. The molecule has 0 unspecified atom stereocenters. The van der Waals surface area contributed by atoms with Crippen molar-refractivity contribution in [1.29, 1.82) is 0 Å². The summed E-state index contributed by atoms with van der Waals surface area (Å²) in [6.07, 6.45) is 0. The van der Waals surface area contributed by atoms with E-state index in [-0.39, 0.29) is 24.4 Å². The van der Waals surface area contributed by atoms with Crippen molar-refractivity contribution in [2.24, 2.45) is 0 Å². The van der Waals surface area contributed by atoms with Crippen molar-refractivity contribution in [3.8, 4) is 17.1 Å². The van der Waals surface area contributed by atoms with Crippen LogP contribution in [0.3, 0.4) is 0 Å². The molecule has 31 heavy (non-hydrogen) atoms. The Morgan fingerprint density at radius 3 is 2.32 bits per heavy atom. The van der Waals surface area contributed by atoms with Crippen LogP contribution in [0.25, 0.3) is 22.3 Å². The maximum absolute atomic E-state index is 14.2. The molecule has 1 atom stereocenters. The fraction of sp³-hybridized carbons (Fsp3) is 0.200. The van der Waals surface area contributed by atoms with Crippen molar-refractivity contribution in [2.75, 3.05) is 11.5 Å². The SMILES string of the molecule is CC(C)N(c1nc(-c2ccccc2O)nc2ccc(F)cc12)[C@@H](CO)c1ccccc1. The molecule has 2 N–H and O–H groups in total. The highest BCUT2D eigenvalue weighted by molar-refractivity contribution is 5.91. The Bertz CT molecular complexity index is 1200. The quantitative estimate of drug-likeness (QED) is 0.457. The van der Waals surface area contributed by atoms with E-state index < -0.39 is 5.82 Å². The van der Waals surface area contributed by atoms with E-state index in [1.54, 1.807) is 30.3 Å². The Balaban J connectivity index is 1.99. The van der Waals surface area contributed by atoms with E-state index in [0.717, 1.165) is 5.56 Å². The smallest absolute Gasteiger partial charge is 0.165 e. The summed E-state index contributed by atoms with van der Waals surface area (Å²) in [5.74, 6) is 0.507. The lowest BCUT2D eigenvalue weighted by Crippen LogP contribution is -2.37. The van der Waals surface area contributed by atoms with Gasteiger partial charge in [-0.25, -0.2) is 14.4 Å². The molecule has 0 bridgehead atoms. The Hall–Kier alpha value is -3.51. The van der Waals surface area contributed by atoms with Gasteiger partial charge < -0.3 is 15.1 Å². The van der Waals surface area contributed by atoms with E-state index in [9.17, 15) is 14.6 Å². The molecular formula is C25H24FN3O2. The first-order valence-corrected chi connectivity index (χ1v) is 10.2. The van der Waals surface area contributed by atoms with Gasteiger partial charge in [0, 0.05) is 11.4 Å². The molecule has 0 spiro atoms. The average Bonchev–Trinajstić information content (AvgIpc) is 2.77.